The average Bonchev–Trinajstić information content (AvgIpc) is 3.21. The molecule has 0 unspecified atom stereocenters. The molecule has 34 heavy (non-hydrogen) atoms. The average molecular weight is 484 g/mol. The number of benzene rings is 2. The van der Waals surface area contributed by atoms with Crippen molar-refractivity contribution in [2.75, 3.05) is 18.4 Å². The van der Waals surface area contributed by atoms with Gasteiger partial charge in [-0.05, 0) is 54.4 Å². The second-order valence-electron chi connectivity index (χ2n) is 7.49. The SMILES string of the molecule is NS(=O)(=O)c1ccc(CCNc2ccc3nnc(CCNC(=O)c4cccc(F)c4)n3n2)cc1. The van der Waals surface area contributed by atoms with Crippen molar-refractivity contribution in [1.29, 1.82) is 0 Å². The Morgan fingerprint density at radius 2 is 1.79 bits per heavy atom. The lowest BCUT2D eigenvalue weighted by atomic mass is 10.1. The molecule has 0 saturated heterocycles. The zero-order chi connectivity index (χ0) is 24.1. The molecule has 0 fully saturated rings. The van der Waals surface area contributed by atoms with Gasteiger partial charge in [-0.1, -0.05) is 18.2 Å². The highest BCUT2D eigenvalue weighted by atomic mass is 32.2. The van der Waals surface area contributed by atoms with E-state index >= 15 is 0 Å². The van der Waals surface area contributed by atoms with Crippen LogP contribution in [0.4, 0.5) is 10.2 Å². The summed E-state index contributed by atoms with van der Waals surface area (Å²) in [5, 5.41) is 23.8. The first kappa shape index (κ1) is 23.3. The highest BCUT2D eigenvalue weighted by Gasteiger charge is 2.11. The summed E-state index contributed by atoms with van der Waals surface area (Å²) >= 11 is 0. The third-order valence-corrected chi connectivity index (χ3v) is 5.95. The van der Waals surface area contributed by atoms with E-state index in [0.29, 0.717) is 36.7 Å². The number of sulfonamides is 1. The predicted molar refractivity (Wildman–Crippen MR) is 123 cm³/mol. The predicted octanol–water partition coefficient (Wildman–Crippen LogP) is 1.54. The summed E-state index contributed by atoms with van der Waals surface area (Å²) < 4.78 is 37.6. The van der Waals surface area contributed by atoms with E-state index in [1.54, 1.807) is 34.8 Å². The number of hydrogen-bond donors (Lipinski definition) is 3. The lowest BCUT2D eigenvalue weighted by molar-refractivity contribution is 0.0953. The number of primary sulfonamides is 1. The standard InChI is InChI=1S/C22H22FN7O3S/c23-17-3-1-2-16(14-17)22(31)26-13-11-21-28-27-20-9-8-19(29-30(20)21)25-12-10-15-4-6-18(7-5-15)34(24,32)33/h1-9,14H,10-13H2,(H,25,29)(H,26,31)(H2,24,32,33). The number of carbonyl (C=O) groups is 1. The van der Waals surface area contributed by atoms with Crippen LogP contribution in [0, 0.1) is 5.82 Å². The normalized spacial score (nSPS) is 11.5. The number of anilines is 1. The van der Waals surface area contributed by atoms with E-state index in [4.69, 9.17) is 5.14 Å². The van der Waals surface area contributed by atoms with Crippen molar-refractivity contribution >= 4 is 27.4 Å². The molecule has 12 heteroatoms. The molecule has 2 heterocycles. The van der Waals surface area contributed by atoms with Crippen molar-refractivity contribution in [1.82, 2.24) is 25.1 Å². The smallest absolute Gasteiger partial charge is 0.251 e. The van der Waals surface area contributed by atoms with Gasteiger partial charge in [-0.3, -0.25) is 4.79 Å². The van der Waals surface area contributed by atoms with Crippen molar-refractivity contribution in [3.05, 3.63) is 83.4 Å². The van der Waals surface area contributed by atoms with Gasteiger partial charge in [-0.25, -0.2) is 17.9 Å². The van der Waals surface area contributed by atoms with Gasteiger partial charge in [0.15, 0.2) is 11.5 Å². The summed E-state index contributed by atoms with van der Waals surface area (Å²) in [6, 6.07) is 15.4. The number of nitrogens with zero attached hydrogens (tertiary/aromatic N) is 4. The summed E-state index contributed by atoms with van der Waals surface area (Å²) in [7, 11) is -3.71. The third-order valence-electron chi connectivity index (χ3n) is 5.02. The van der Waals surface area contributed by atoms with E-state index < -0.39 is 15.8 Å². The van der Waals surface area contributed by atoms with Crippen LogP contribution < -0.4 is 15.8 Å². The molecule has 2 aromatic carbocycles. The number of carbonyl (C=O) groups excluding carboxylic acids is 1. The Balaban J connectivity index is 1.33. The van der Waals surface area contributed by atoms with Crippen molar-refractivity contribution in [2.24, 2.45) is 5.14 Å². The molecule has 0 bridgehead atoms. The lowest BCUT2D eigenvalue weighted by Gasteiger charge is -2.08. The molecule has 2 aromatic heterocycles. The molecule has 0 aliphatic heterocycles. The van der Waals surface area contributed by atoms with E-state index in [2.05, 4.69) is 25.9 Å². The molecule has 4 rings (SSSR count). The maximum atomic E-state index is 13.3. The Kier molecular flexibility index (Phi) is 6.80. The minimum Gasteiger partial charge on any atom is -0.368 e. The zero-order valence-corrected chi connectivity index (χ0v) is 18.8. The molecule has 0 spiro atoms. The van der Waals surface area contributed by atoms with E-state index in [0.717, 1.165) is 5.56 Å². The van der Waals surface area contributed by atoms with E-state index in [9.17, 15) is 17.6 Å². The molecule has 0 aliphatic rings. The zero-order valence-electron chi connectivity index (χ0n) is 18.0. The molecule has 10 nitrogen and oxygen atoms in total. The van der Waals surface area contributed by atoms with Gasteiger partial charge in [0.05, 0.1) is 4.90 Å². The summed E-state index contributed by atoms with van der Waals surface area (Å²) in [6.45, 7) is 0.846. The summed E-state index contributed by atoms with van der Waals surface area (Å²) in [4.78, 5) is 12.2. The Bertz CT molecular complexity index is 1420. The highest BCUT2D eigenvalue weighted by Crippen LogP contribution is 2.11. The van der Waals surface area contributed by atoms with Crippen molar-refractivity contribution in [2.45, 2.75) is 17.7 Å². The quantitative estimate of drug-likeness (QED) is 0.327. The molecule has 0 radical (unpaired) electrons. The number of fused-ring (bicyclic) bond motifs is 1. The number of nitrogens with one attached hydrogen (secondary N) is 2. The van der Waals surface area contributed by atoms with Crippen LogP contribution in [0.2, 0.25) is 0 Å². The molecule has 176 valence electrons. The Morgan fingerprint density at radius 3 is 2.53 bits per heavy atom. The van der Waals surface area contributed by atoms with Gasteiger partial charge in [-0.15, -0.1) is 15.3 Å². The van der Waals surface area contributed by atoms with Gasteiger partial charge in [0, 0.05) is 25.1 Å². The number of rotatable bonds is 9. The number of nitrogens with two attached hydrogens (primary N) is 1. The summed E-state index contributed by atoms with van der Waals surface area (Å²) in [5.41, 5.74) is 1.76. The third kappa shape index (κ3) is 5.71. The Labute approximate surface area is 195 Å². The van der Waals surface area contributed by atoms with Crippen molar-refractivity contribution in [3.63, 3.8) is 0 Å². The summed E-state index contributed by atoms with van der Waals surface area (Å²) in [6.07, 6.45) is 1.03. The van der Waals surface area contributed by atoms with Gasteiger partial charge in [0.2, 0.25) is 10.0 Å². The molecule has 4 aromatic rings. The number of aromatic nitrogens is 4. The number of halogens is 1. The Morgan fingerprint density at radius 1 is 1.00 bits per heavy atom. The van der Waals surface area contributed by atoms with Crippen molar-refractivity contribution < 1.29 is 17.6 Å². The molecule has 1 amide bonds. The van der Waals surface area contributed by atoms with E-state index in [1.165, 1.54) is 30.3 Å². The van der Waals surface area contributed by atoms with Gasteiger partial charge < -0.3 is 10.6 Å². The number of hydrogen-bond acceptors (Lipinski definition) is 7. The minimum atomic E-state index is -3.71. The van der Waals surface area contributed by atoms with Crippen LogP contribution in [0.1, 0.15) is 21.7 Å². The largest absolute Gasteiger partial charge is 0.368 e. The fourth-order valence-electron chi connectivity index (χ4n) is 3.28. The van der Waals surface area contributed by atoms with Gasteiger partial charge in [0.25, 0.3) is 5.91 Å². The highest BCUT2D eigenvalue weighted by molar-refractivity contribution is 7.89. The molecule has 0 aliphatic carbocycles. The fourth-order valence-corrected chi connectivity index (χ4v) is 3.80. The second-order valence-corrected chi connectivity index (χ2v) is 9.05. The maximum Gasteiger partial charge on any atom is 0.251 e. The monoisotopic (exact) mass is 483 g/mol. The van der Waals surface area contributed by atoms with E-state index in [1.807, 2.05) is 0 Å². The molecule has 0 atom stereocenters. The molecule has 4 N–H and O–H groups in total. The van der Waals surface area contributed by atoms with Crippen molar-refractivity contribution in [3.8, 4) is 0 Å². The lowest BCUT2D eigenvalue weighted by Crippen LogP contribution is -2.26. The van der Waals surface area contributed by atoms with Crippen LogP contribution in [0.15, 0.2) is 65.6 Å². The first-order valence-corrected chi connectivity index (χ1v) is 11.9. The van der Waals surface area contributed by atoms with Crippen LogP contribution >= 0.6 is 0 Å². The molecular formula is C22H22FN7O3S. The first-order chi connectivity index (χ1) is 16.3. The van der Waals surface area contributed by atoms with Gasteiger partial charge in [0.1, 0.15) is 11.6 Å². The maximum absolute atomic E-state index is 13.3. The van der Waals surface area contributed by atoms with Crippen LogP contribution in [0.3, 0.4) is 0 Å². The Hall–Kier alpha value is -3.90. The van der Waals surface area contributed by atoms with E-state index in [-0.39, 0.29) is 22.9 Å². The van der Waals surface area contributed by atoms with Crippen LogP contribution in [0.25, 0.3) is 5.65 Å². The fraction of sp³-hybridized carbons (Fsp3) is 0.182. The van der Waals surface area contributed by atoms with Crippen LogP contribution in [-0.2, 0) is 22.9 Å². The van der Waals surface area contributed by atoms with Gasteiger partial charge >= 0.3 is 0 Å². The van der Waals surface area contributed by atoms with Gasteiger partial charge in [-0.2, -0.15) is 4.52 Å². The van der Waals surface area contributed by atoms with Crippen LogP contribution in [-0.4, -0.2) is 47.2 Å². The molecule has 0 saturated carbocycles. The minimum absolute atomic E-state index is 0.0728. The topological polar surface area (TPSA) is 144 Å². The number of amides is 1. The summed E-state index contributed by atoms with van der Waals surface area (Å²) in [5.74, 6) is 0.330. The second kappa shape index (κ2) is 9.93. The first-order valence-electron chi connectivity index (χ1n) is 10.4. The molecular weight excluding hydrogens is 461 g/mol. The van der Waals surface area contributed by atoms with Crippen LogP contribution in [0.5, 0.6) is 0 Å².